The Labute approximate surface area is 129 Å². The van der Waals surface area contributed by atoms with Crippen molar-refractivity contribution in [3.63, 3.8) is 0 Å². The number of carbonyl (C=O) groups excluding carboxylic acids is 1. The molecule has 0 aliphatic heterocycles. The van der Waals surface area contributed by atoms with Gasteiger partial charge in [0.25, 0.3) is 0 Å². The zero-order valence-electron chi connectivity index (χ0n) is 11.6. The molecule has 0 aromatic heterocycles. The maximum Gasteiger partial charge on any atom is 0.417 e. The van der Waals surface area contributed by atoms with Crippen molar-refractivity contribution in [2.75, 3.05) is 25.6 Å². The molecule has 8 heteroatoms. The van der Waals surface area contributed by atoms with Crippen LogP contribution in [-0.4, -0.2) is 32.2 Å². The predicted molar refractivity (Wildman–Crippen MR) is 77.1 cm³/mol. The smallest absolute Gasteiger partial charge is 0.383 e. The fraction of sp³-hybridized carbons (Fsp3) is 0.462. The molecule has 1 atom stereocenters. The van der Waals surface area contributed by atoms with E-state index in [0.29, 0.717) is 13.2 Å². The monoisotopic (exact) mass is 368 g/mol. The number of benzene rings is 1. The summed E-state index contributed by atoms with van der Waals surface area (Å²) in [6, 6.07) is 3.06. The molecular weight excluding hydrogens is 353 g/mol. The summed E-state index contributed by atoms with van der Waals surface area (Å²) < 4.78 is 43.1. The number of ether oxygens (including phenoxy) is 1. The van der Waals surface area contributed by atoms with E-state index in [1.165, 1.54) is 19.2 Å². The summed E-state index contributed by atoms with van der Waals surface area (Å²) in [5.74, 6) is -0.316. The molecule has 21 heavy (non-hydrogen) atoms. The largest absolute Gasteiger partial charge is 0.417 e. The fourth-order valence-electron chi connectivity index (χ4n) is 1.58. The minimum absolute atomic E-state index is 0.0438. The van der Waals surface area contributed by atoms with Gasteiger partial charge in [0.05, 0.1) is 12.2 Å². The Kier molecular flexibility index (Phi) is 6.47. The third kappa shape index (κ3) is 5.55. The van der Waals surface area contributed by atoms with Gasteiger partial charge in [0.15, 0.2) is 0 Å². The van der Waals surface area contributed by atoms with Gasteiger partial charge in [-0.2, -0.15) is 13.2 Å². The number of anilines is 1. The minimum Gasteiger partial charge on any atom is -0.383 e. The molecule has 0 bridgehead atoms. The number of carbonyl (C=O) groups is 1. The molecule has 0 spiro atoms. The van der Waals surface area contributed by atoms with Crippen molar-refractivity contribution in [2.45, 2.75) is 19.1 Å². The standard InChI is InChI=1S/C13H16BrF3N2O2/c1-8(12(20)18-5-6-21-2)19-9-3-4-11(14)10(7-9)13(15,16)17/h3-4,7-8,19H,5-6H2,1-2H3,(H,18,20). The second-order valence-electron chi connectivity index (χ2n) is 4.34. The number of halogens is 4. The van der Waals surface area contributed by atoms with E-state index >= 15 is 0 Å². The van der Waals surface area contributed by atoms with Gasteiger partial charge in [0, 0.05) is 23.8 Å². The number of alkyl halides is 3. The Morgan fingerprint density at radius 2 is 2.10 bits per heavy atom. The highest BCUT2D eigenvalue weighted by atomic mass is 79.9. The van der Waals surface area contributed by atoms with Crippen molar-refractivity contribution in [3.8, 4) is 0 Å². The van der Waals surface area contributed by atoms with Crippen LogP contribution in [0, 0.1) is 0 Å². The summed E-state index contributed by atoms with van der Waals surface area (Å²) in [6.07, 6.45) is -4.46. The van der Waals surface area contributed by atoms with Gasteiger partial charge in [-0.3, -0.25) is 4.79 Å². The van der Waals surface area contributed by atoms with Crippen LogP contribution in [-0.2, 0) is 15.7 Å². The number of hydrogen-bond acceptors (Lipinski definition) is 3. The average Bonchev–Trinajstić information content (AvgIpc) is 2.39. The third-order valence-electron chi connectivity index (χ3n) is 2.65. The molecule has 0 fully saturated rings. The highest BCUT2D eigenvalue weighted by Crippen LogP contribution is 2.36. The molecule has 1 aromatic rings. The second-order valence-corrected chi connectivity index (χ2v) is 5.20. The van der Waals surface area contributed by atoms with Crippen molar-refractivity contribution in [3.05, 3.63) is 28.2 Å². The second kappa shape index (κ2) is 7.65. The molecule has 0 heterocycles. The molecular formula is C13H16BrF3N2O2. The van der Waals surface area contributed by atoms with Gasteiger partial charge in [-0.05, 0) is 25.1 Å². The van der Waals surface area contributed by atoms with E-state index in [1.807, 2.05) is 0 Å². The van der Waals surface area contributed by atoms with Crippen LogP contribution < -0.4 is 10.6 Å². The first-order valence-electron chi connectivity index (χ1n) is 6.15. The Balaban J connectivity index is 2.72. The lowest BCUT2D eigenvalue weighted by Crippen LogP contribution is -2.39. The van der Waals surface area contributed by atoms with Crippen molar-refractivity contribution in [2.24, 2.45) is 0 Å². The van der Waals surface area contributed by atoms with Crippen LogP contribution >= 0.6 is 15.9 Å². The zero-order valence-corrected chi connectivity index (χ0v) is 13.1. The molecule has 1 aromatic carbocycles. The molecule has 1 rings (SSSR count). The van der Waals surface area contributed by atoms with E-state index in [2.05, 4.69) is 26.6 Å². The molecule has 4 nitrogen and oxygen atoms in total. The van der Waals surface area contributed by atoms with E-state index in [0.717, 1.165) is 6.07 Å². The van der Waals surface area contributed by atoms with Crippen LogP contribution in [0.3, 0.4) is 0 Å². The van der Waals surface area contributed by atoms with Crippen LogP contribution in [0.5, 0.6) is 0 Å². The first-order chi connectivity index (χ1) is 9.75. The number of amides is 1. The minimum atomic E-state index is -4.46. The molecule has 0 aliphatic carbocycles. The van der Waals surface area contributed by atoms with Crippen LogP contribution in [0.4, 0.5) is 18.9 Å². The van der Waals surface area contributed by atoms with Gasteiger partial charge in [0.1, 0.15) is 6.04 Å². The molecule has 1 amide bonds. The summed E-state index contributed by atoms with van der Waals surface area (Å²) in [6.45, 7) is 2.28. The van der Waals surface area contributed by atoms with Gasteiger partial charge in [-0.1, -0.05) is 15.9 Å². The van der Waals surface area contributed by atoms with Crippen LogP contribution in [0.2, 0.25) is 0 Å². The Morgan fingerprint density at radius 1 is 1.43 bits per heavy atom. The maximum atomic E-state index is 12.8. The molecule has 0 saturated carbocycles. The van der Waals surface area contributed by atoms with E-state index in [4.69, 9.17) is 4.74 Å². The third-order valence-corrected chi connectivity index (χ3v) is 3.35. The van der Waals surface area contributed by atoms with Crippen molar-refractivity contribution < 1.29 is 22.7 Å². The molecule has 2 N–H and O–H groups in total. The lowest BCUT2D eigenvalue weighted by molar-refractivity contribution is -0.138. The van der Waals surface area contributed by atoms with Gasteiger partial charge in [0.2, 0.25) is 5.91 Å². The van der Waals surface area contributed by atoms with Crippen molar-refractivity contribution in [1.82, 2.24) is 5.32 Å². The van der Waals surface area contributed by atoms with E-state index in [1.54, 1.807) is 6.92 Å². The molecule has 1 unspecified atom stereocenters. The topological polar surface area (TPSA) is 50.4 Å². The van der Waals surface area contributed by atoms with E-state index in [9.17, 15) is 18.0 Å². The van der Waals surface area contributed by atoms with Gasteiger partial charge in [-0.15, -0.1) is 0 Å². The summed E-state index contributed by atoms with van der Waals surface area (Å²) in [5.41, 5.74) is -0.570. The van der Waals surface area contributed by atoms with Crippen LogP contribution in [0.1, 0.15) is 12.5 Å². The average molecular weight is 369 g/mol. The van der Waals surface area contributed by atoms with E-state index in [-0.39, 0.29) is 16.1 Å². The first-order valence-corrected chi connectivity index (χ1v) is 6.95. The quantitative estimate of drug-likeness (QED) is 0.758. The number of nitrogens with one attached hydrogen (secondary N) is 2. The maximum absolute atomic E-state index is 12.8. The summed E-state index contributed by atoms with van der Waals surface area (Å²) in [4.78, 5) is 11.7. The number of rotatable bonds is 6. The van der Waals surface area contributed by atoms with Gasteiger partial charge >= 0.3 is 6.18 Å². The molecule has 118 valence electrons. The fourth-order valence-corrected chi connectivity index (χ4v) is 2.05. The van der Waals surface area contributed by atoms with Gasteiger partial charge < -0.3 is 15.4 Å². The Bertz CT molecular complexity index is 495. The van der Waals surface area contributed by atoms with Crippen molar-refractivity contribution >= 4 is 27.5 Å². The Morgan fingerprint density at radius 3 is 2.67 bits per heavy atom. The number of hydrogen-bond donors (Lipinski definition) is 2. The molecule has 0 radical (unpaired) electrons. The van der Waals surface area contributed by atoms with E-state index < -0.39 is 17.8 Å². The SMILES string of the molecule is COCCNC(=O)C(C)Nc1ccc(Br)c(C(F)(F)F)c1. The summed E-state index contributed by atoms with van der Waals surface area (Å²) in [7, 11) is 1.51. The molecule has 0 aliphatic rings. The normalized spacial score (nSPS) is 12.9. The van der Waals surface area contributed by atoms with Crippen LogP contribution in [0.15, 0.2) is 22.7 Å². The van der Waals surface area contributed by atoms with Gasteiger partial charge in [-0.25, -0.2) is 0 Å². The van der Waals surface area contributed by atoms with Crippen LogP contribution in [0.25, 0.3) is 0 Å². The molecule has 0 saturated heterocycles. The lowest BCUT2D eigenvalue weighted by atomic mass is 10.2. The highest BCUT2D eigenvalue weighted by molar-refractivity contribution is 9.10. The lowest BCUT2D eigenvalue weighted by Gasteiger charge is -2.17. The first kappa shape index (κ1) is 17.8. The highest BCUT2D eigenvalue weighted by Gasteiger charge is 2.33. The van der Waals surface area contributed by atoms with Crippen molar-refractivity contribution in [1.29, 1.82) is 0 Å². The summed E-state index contributed by atoms with van der Waals surface area (Å²) in [5, 5.41) is 5.34. The number of methoxy groups -OCH3 is 1. The summed E-state index contributed by atoms with van der Waals surface area (Å²) >= 11 is 2.86. The Hall–Kier alpha value is -1.28. The zero-order chi connectivity index (χ0) is 16.0. The predicted octanol–water partition coefficient (Wildman–Crippen LogP) is 3.03.